The highest BCUT2D eigenvalue weighted by Crippen LogP contribution is 2.32. The Kier molecular flexibility index (Phi) is 7.00. The van der Waals surface area contributed by atoms with Crippen molar-refractivity contribution < 1.29 is 19.1 Å². The fourth-order valence-corrected chi connectivity index (χ4v) is 4.26. The van der Waals surface area contributed by atoms with Crippen molar-refractivity contribution in [2.24, 2.45) is 0 Å². The van der Waals surface area contributed by atoms with E-state index in [0.717, 1.165) is 47.5 Å². The summed E-state index contributed by atoms with van der Waals surface area (Å²) in [5.41, 5.74) is 5.06. The van der Waals surface area contributed by atoms with E-state index in [4.69, 9.17) is 9.47 Å². The Balaban J connectivity index is 1.47. The van der Waals surface area contributed by atoms with Crippen molar-refractivity contribution in [3.05, 3.63) is 82.9 Å². The number of carbonyl (C=O) groups is 2. The van der Waals surface area contributed by atoms with Crippen LogP contribution in [0.5, 0.6) is 5.75 Å². The zero-order valence-corrected chi connectivity index (χ0v) is 18.4. The molecule has 4 rings (SSSR count). The predicted octanol–water partition coefficient (Wildman–Crippen LogP) is 4.18. The van der Waals surface area contributed by atoms with Gasteiger partial charge in [-0.05, 0) is 48.1 Å². The van der Waals surface area contributed by atoms with Crippen molar-refractivity contribution in [3.63, 3.8) is 0 Å². The number of esters is 1. The summed E-state index contributed by atoms with van der Waals surface area (Å²) in [6, 6.07) is 14.0. The molecule has 6 heteroatoms. The molecule has 1 heterocycles. The molecule has 0 unspecified atom stereocenters. The number of hydrogen-bond acceptors (Lipinski definition) is 5. The number of imidazole rings is 1. The average molecular weight is 433 g/mol. The molecule has 0 amide bonds. The van der Waals surface area contributed by atoms with Gasteiger partial charge in [0.15, 0.2) is 5.78 Å². The summed E-state index contributed by atoms with van der Waals surface area (Å²) in [6.07, 6.45) is 7.43. The molecular weight excluding hydrogens is 404 g/mol. The number of ketones is 1. The fourth-order valence-electron chi connectivity index (χ4n) is 4.26. The second-order valence-corrected chi connectivity index (χ2v) is 8.02. The van der Waals surface area contributed by atoms with E-state index in [1.807, 2.05) is 42.9 Å². The lowest BCUT2D eigenvalue weighted by atomic mass is 9.85. The summed E-state index contributed by atoms with van der Waals surface area (Å²) in [7, 11) is 1.39. The molecule has 0 fully saturated rings. The van der Waals surface area contributed by atoms with Gasteiger partial charge in [0.2, 0.25) is 0 Å². The number of aromatic nitrogens is 2. The highest BCUT2D eigenvalue weighted by atomic mass is 16.5. The van der Waals surface area contributed by atoms with Gasteiger partial charge in [-0.25, -0.2) is 4.98 Å². The first-order valence-electron chi connectivity index (χ1n) is 11.1. The number of Topliss-reactive ketones (excluding diaryl/α,β-unsaturated/α-hetero) is 1. The van der Waals surface area contributed by atoms with Crippen molar-refractivity contribution in [2.75, 3.05) is 13.7 Å². The minimum Gasteiger partial charge on any atom is -0.493 e. The quantitative estimate of drug-likeness (QED) is 0.475. The van der Waals surface area contributed by atoms with E-state index in [-0.39, 0.29) is 18.2 Å². The third-order valence-electron chi connectivity index (χ3n) is 5.94. The van der Waals surface area contributed by atoms with Gasteiger partial charge < -0.3 is 14.0 Å². The maximum Gasteiger partial charge on any atom is 0.305 e. The van der Waals surface area contributed by atoms with E-state index in [1.165, 1.54) is 12.7 Å². The van der Waals surface area contributed by atoms with Crippen LogP contribution in [-0.2, 0) is 35.3 Å². The molecule has 0 spiro atoms. The number of ether oxygens (including phenoxy) is 2. The van der Waals surface area contributed by atoms with Gasteiger partial charge in [0.05, 0.1) is 20.0 Å². The van der Waals surface area contributed by atoms with E-state index in [9.17, 15) is 9.59 Å². The van der Waals surface area contributed by atoms with Crippen LogP contribution in [0, 0.1) is 0 Å². The molecule has 0 saturated heterocycles. The summed E-state index contributed by atoms with van der Waals surface area (Å²) in [5, 5.41) is 0. The minimum absolute atomic E-state index is 0.168. The molecule has 32 heavy (non-hydrogen) atoms. The maximum absolute atomic E-state index is 12.4. The van der Waals surface area contributed by atoms with Crippen LogP contribution in [0.25, 0.3) is 0 Å². The van der Waals surface area contributed by atoms with E-state index >= 15 is 0 Å². The van der Waals surface area contributed by atoms with Gasteiger partial charge in [-0.1, -0.05) is 30.3 Å². The normalized spacial score (nSPS) is 13.0. The van der Waals surface area contributed by atoms with Gasteiger partial charge in [0, 0.05) is 43.3 Å². The number of fused-ring (bicyclic) bond motifs is 1. The molecule has 0 N–H and O–H groups in total. The highest BCUT2D eigenvalue weighted by Gasteiger charge is 2.23. The Hall–Kier alpha value is -3.41. The van der Waals surface area contributed by atoms with Gasteiger partial charge in [-0.15, -0.1) is 0 Å². The summed E-state index contributed by atoms with van der Waals surface area (Å²) < 4.78 is 13.1. The molecule has 1 aliphatic rings. The molecule has 166 valence electrons. The van der Waals surface area contributed by atoms with Crippen LogP contribution >= 0.6 is 0 Å². The number of rotatable bonds is 9. The van der Waals surface area contributed by atoms with Crippen molar-refractivity contribution in [3.8, 4) is 5.75 Å². The molecule has 0 bridgehead atoms. The Morgan fingerprint density at radius 3 is 2.75 bits per heavy atom. The highest BCUT2D eigenvalue weighted by molar-refractivity contribution is 5.99. The zero-order valence-electron chi connectivity index (χ0n) is 18.4. The standard InChI is InChI=1S/C26H28N2O4/c1-31-26(30)13-11-23-21-8-5-9-24(29)22(21)10-12-25(23)32-15-14-20-16-27-18-28(20)17-19-6-3-2-4-7-19/h2-4,6-7,10,12,16,18H,5,8-9,11,13-15,17H2,1H3. The Labute approximate surface area is 188 Å². The third kappa shape index (κ3) is 5.07. The number of hydrogen-bond donors (Lipinski definition) is 0. The molecular formula is C26H28N2O4. The summed E-state index contributed by atoms with van der Waals surface area (Å²) in [5.74, 6) is 0.652. The van der Waals surface area contributed by atoms with Crippen molar-refractivity contribution in [2.45, 2.75) is 45.1 Å². The number of nitrogens with zero attached hydrogens (tertiary/aromatic N) is 2. The average Bonchev–Trinajstić information content (AvgIpc) is 3.25. The SMILES string of the molecule is COC(=O)CCc1c(OCCc2cncn2Cc2ccccc2)ccc2c1CCCC2=O. The monoisotopic (exact) mass is 432 g/mol. The summed E-state index contributed by atoms with van der Waals surface area (Å²) in [4.78, 5) is 28.4. The zero-order chi connectivity index (χ0) is 22.3. The van der Waals surface area contributed by atoms with E-state index in [0.29, 0.717) is 25.9 Å². The first-order chi connectivity index (χ1) is 15.7. The topological polar surface area (TPSA) is 70.4 Å². The Morgan fingerprint density at radius 1 is 1.09 bits per heavy atom. The molecule has 1 aliphatic carbocycles. The first kappa shape index (κ1) is 21.8. The Bertz CT molecular complexity index is 1090. The molecule has 2 aromatic carbocycles. The van der Waals surface area contributed by atoms with E-state index in [1.54, 1.807) is 0 Å². The predicted molar refractivity (Wildman–Crippen MR) is 121 cm³/mol. The lowest BCUT2D eigenvalue weighted by Crippen LogP contribution is -2.16. The third-order valence-corrected chi connectivity index (χ3v) is 5.94. The van der Waals surface area contributed by atoms with Crippen molar-refractivity contribution >= 4 is 11.8 Å². The molecule has 3 aromatic rings. The summed E-state index contributed by atoms with van der Waals surface area (Å²) >= 11 is 0. The largest absolute Gasteiger partial charge is 0.493 e. The molecule has 0 saturated carbocycles. The maximum atomic E-state index is 12.4. The smallest absolute Gasteiger partial charge is 0.305 e. The van der Waals surface area contributed by atoms with Gasteiger partial charge in [0.1, 0.15) is 5.75 Å². The van der Waals surface area contributed by atoms with Crippen molar-refractivity contribution in [1.82, 2.24) is 9.55 Å². The molecule has 1 aromatic heterocycles. The summed E-state index contributed by atoms with van der Waals surface area (Å²) in [6.45, 7) is 1.25. The van der Waals surface area contributed by atoms with Gasteiger partial charge in [0.25, 0.3) is 0 Å². The van der Waals surface area contributed by atoms with Crippen LogP contribution in [0.3, 0.4) is 0 Å². The number of carbonyl (C=O) groups excluding carboxylic acids is 2. The lowest BCUT2D eigenvalue weighted by Gasteiger charge is -2.21. The van der Waals surface area contributed by atoms with Crippen LogP contribution in [0.15, 0.2) is 55.0 Å². The van der Waals surface area contributed by atoms with Gasteiger partial charge in [-0.3, -0.25) is 9.59 Å². The lowest BCUT2D eigenvalue weighted by molar-refractivity contribution is -0.140. The van der Waals surface area contributed by atoms with Gasteiger partial charge in [-0.2, -0.15) is 0 Å². The first-order valence-corrected chi connectivity index (χ1v) is 11.1. The van der Waals surface area contributed by atoms with Crippen LogP contribution in [0.2, 0.25) is 0 Å². The minimum atomic E-state index is -0.263. The molecule has 0 radical (unpaired) electrons. The second-order valence-electron chi connectivity index (χ2n) is 8.02. The van der Waals surface area contributed by atoms with Crippen LogP contribution < -0.4 is 4.74 Å². The van der Waals surface area contributed by atoms with E-state index in [2.05, 4.69) is 21.7 Å². The molecule has 0 aliphatic heterocycles. The second kappa shape index (κ2) is 10.3. The van der Waals surface area contributed by atoms with Crippen LogP contribution in [-0.4, -0.2) is 35.0 Å². The van der Waals surface area contributed by atoms with E-state index < -0.39 is 0 Å². The number of methoxy groups -OCH3 is 1. The van der Waals surface area contributed by atoms with Crippen molar-refractivity contribution in [1.29, 1.82) is 0 Å². The molecule has 0 atom stereocenters. The fraction of sp³-hybridized carbons (Fsp3) is 0.346. The van der Waals surface area contributed by atoms with Crippen LogP contribution in [0.4, 0.5) is 0 Å². The van der Waals surface area contributed by atoms with Crippen LogP contribution in [0.1, 0.15) is 52.0 Å². The van der Waals surface area contributed by atoms with Gasteiger partial charge >= 0.3 is 5.97 Å². The Morgan fingerprint density at radius 2 is 1.94 bits per heavy atom. The molecule has 6 nitrogen and oxygen atoms in total. The number of benzene rings is 2.